The predicted molar refractivity (Wildman–Crippen MR) is 56.8 cm³/mol. The maximum absolute atomic E-state index is 2.74. The van der Waals surface area contributed by atoms with Crippen molar-refractivity contribution in [3.05, 3.63) is 0 Å². The molecule has 1 heteroatoms. The third kappa shape index (κ3) is 2.46. The van der Waals surface area contributed by atoms with E-state index in [1.54, 1.807) is 0 Å². The van der Waals surface area contributed by atoms with Crippen molar-refractivity contribution < 1.29 is 0 Å². The molecule has 0 radical (unpaired) electrons. The van der Waals surface area contributed by atoms with E-state index in [4.69, 9.17) is 0 Å². The van der Waals surface area contributed by atoms with Crippen molar-refractivity contribution in [1.82, 2.24) is 4.90 Å². The molecule has 1 aliphatic heterocycles. The highest BCUT2D eigenvalue weighted by Crippen LogP contribution is 2.43. The highest BCUT2D eigenvalue weighted by Gasteiger charge is 2.43. The van der Waals surface area contributed by atoms with Crippen molar-refractivity contribution in [3.63, 3.8) is 0 Å². The molecule has 0 spiro atoms. The van der Waals surface area contributed by atoms with E-state index in [1.807, 2.05) is 0 Å². The first-order valence-electron chi connectivity index (χ1n) is 5.80. The first-order valence-corrected chi connectivity index (χ1v) is 5.80. The van der Waals surface area contributed by atoms with Gasteiger partial charge in [0.05, 0.1) is 0 Å². The fourth-order valence-electron chi connectivity index (χ4n) is 2.47. The van der Waals surface area contributed by atoms with Crippen molar-refractivity contribution in [1.29, 1.82) is 0 Å². The van der Waals surface area contributed by atoms with Crippen LogP contribution in [0.4, 0.5) is 0 Å². The molecule has 13 heavy (non-hydrogen) atoms. The highest BCUT2D eigenvalue weighted by molar-refractivity contribution is 4.98. The Kier molecular flexibility index (Phi) is 2.39. The Labute approximate surface area is 82.5 Å². The van der Waals surface area contributed by atoms with Crippen LogP contribution in [0.5, 0.6) is 0 Å². The minimum Gasteiger partial charge on any atom is -0.300 e. The van der Waals surface area contributed by atoms with Gasteiger partial charge in [0, 0.05) is 6.04 Å². The number of hydrogen-bond acceptors (Lipinski definition) is 1. The largest absolute Gasteiger partial charge is 0.300 e. The maximum atomic E-state index is 2.74. The monoisotopic (exact) mass is 181 g/mol. The summed E-state index contributed by atoms with van der Waals surface area (Å²) in [6.07, 6.45) is 5.82. The summed E-state index contributed by atoms with van der Waals surface area (Å²) < 4.78 is 0. The van der Waals surface area contributed by atoms with Gasteiger partial charge in [-0.25, -0.2) is 0 Å². The molecule has 1 heterocycles. The van der Waals surface area contributed by atoms with Gasteiger partial charge in [0.15, 0.2) is 0 Å². The van der Waals surface area contributed by atoms with Crippen molar-refractivity contribution in [3.8, 4) is 0 Å². The molecule has 0 aromatic rings. The molecular formula is C12H23N. The van der Waals surface area contributed by atoms with Crippen LogP contribution in [-0.4, -0.2) is 24.0 Å². The average molecular weight is 181 g/mol. The molecule has 2 aliphatic rings. The Bertz CT molecular complexity index is 180. The minimum absolute atomic E-state index is 0.516. The summed E-state index contributed by atoms with van der Waals surface area (Å²) in [5, 5.41) is 0. The lowest BCUT2D eigenvalue weighted by atomic mass is 9.92. The summed E-state index contributed by atoms with van der Waals surface area (Å²) in [6.45, 7) is 9.76. The van der Waals surface area contributed by atoms with Gasteiger partial charge < -0.3 is 4.90 Å². The second-order valence-electron chi connectivity index (χ2n) is 6.05. The quantitative estimate of drug-likeness (QED) is 0.633. The fraction of sp³-hybridized carbons (Fsp3) is 1.00. The number of likely N-dealkylation sites (tertiary alicyclic amines) is 1. The summed E-state index contributed by atoms with van der Waals surface area (Å²) in [7, 11) is 0. The van der Waals surface area contributed by atoms with E-state index in [0.717, 1.165) is 12.0 Å². The molecule has 2 rings (SSSR count). The van der Waals surface area contributed by atoms with Gasteiger partial charge in [-0.3, -0.25) is 0 Å². The lowest BCUT2D eigenvalue weighted by molar-refractivity contribution is 0.185. The zero-order chi connectivity index (χ0) is 9.47. The number of fused-ring (bicyclic) bond motifs is 1. The second-order valence-corrected chi connectivity index (χ2v) is 6.05. The standard InChI is InChI=1S/C12H23N/c1-12(2,3)6-8-13-7-4-5-10-9-11(10)13/h10-11H,4-9H2,1-3H3. The molecule has 1 saturated carbocycles. The van der Waals surface area contributed by atoms with Crippen molar-refractivity contribution >= 4 is 0 Å². The van der Waals surface area contributed by atoms with E-state index in [0.29, 0.717) is 5.41 Å². The fourth-order valence-corrected chi connectivity index (χ4v) is 2.47. The van der Waals surface area contributed by atoms with Crippen LogP contribution in [0, 0.1) is 11.3 Å². The van der Waals surface area contributed by atoms with Gasteiger partial charge in [0.1, 0.15) is 0 Å². The second kappa shape index (κ2) is 3.27. The Morgan fingerprint density at radius 3 is 2.77 bits per heavy atom. The summed E-state index contributed by atoms with van der Waals surface area (Å²) in [4.78, 5) is 2.74. The van der Waals surface area contributed by atoms with Gasteiger partial charge in [-0.1, -0.05) is 20.8 Å². The average Bonchev–Trinajstić information content (AvgIpc) is 2.77. The third-order valence-corrected chi connectivity index (χ3v) is 3.52. The predicted octanol–water partition coefficient (Wildman–Crippen LogP) is 2.91. The van der Waals surface area contributed by atoms with Crippen LogP contribution >= 0.6 is 0 Å². The van der Waals surface area contributed by atoms with E-state index in [2.05, 4.69) is 25.7 Å². The molecule has 0 bridgehead atoms. The summed E-state index contributed by atoms with van der Waals surface area (Å²) in [6, 6.07) is 0.996. The van der Waals surface area contributed by atoms with Gasteiger partial charge in [0.2, 0.25) is 0 Å². The van der Waals surface area contributed by atoms with Gasteiger partial charge in [-0.15, -0.1) is 0 Å². The Hall–Kier alpha value is -0.0400. The molecule has 0 amide bonds. The molecule has 0 N–H and O–H groups in total. The highest BCUT2D eigenvalue weighted by atomic mass is 15.2. The van der Waals surface area contributed by atoms with E-state index in [-0.39, 0.29) is 0 Å². The molecule has 2 fully saturated rings. The van der Waals surface area contributed by atoms with Crippen LogP contribution in [0.2, 0.25) is 0 Å². The van der Waals surface area contributed by atoms with Crippen LogP contribution in [0.3, 0.4) is 0 Å². The van der Waals surface area contributed by atoms with Crippen molar-refractivity contribution in [2.24, 2.45) is 11.3 Å². The van der Waals surface area contributed by atoms with Gasteiger partial charge in [-0.2, -0.15) is 0 Å². The van der Waals surface area contributed by atoms with Crippen LogP contribution in [0.15, 0.2) is 0 Å². The lowest BCUT2D eigenvalue weighted by Crippen LogP contribution is -2.34. The van der Waals surface area contributed by atoms with Crippen LogP contribution in [0.25, 0.3) is 0 Å². The smallest absolute Gasteiger partial charge is 0.0127 e. The zero-order valence-corrected chi connectivity index (χ0v) is 9.34. The SMILES string of the molecule is CC(C)(C)CCN1CCCC2CC21. The summed E-state index contributed by atoms with van der Waals surface area (Å²) in [5.74, 6) is 1.09. The number of piperidine rings is 1. The van der Waals surface area contributed by atoms with Gasteiger partial charge >= 0.3 is 0 Å². The molecule has 2 atom stereocenters. The normalized spacial score (nSPS) is 34.4. The first kappa shape index (κ1) is 9.51. The summed E-state index contributed by atoms with van der Waals surface area (Å²) >= 11 is 0. The van der Waals surface area contributed by atoms with E-state index in [9.17, 15) is 0 Å². The van der Waals surface area contributed by atoms with Crippen LogP contribution < -0.4 is 0 Å². The minimum atomic E-state index is 0.516. The molecule has 0 aromatic carbocycles. The Morgan fingerprint density at radius 1 is 1.31 bits per heavy atom. The number of hydrogen-bond donors (Lipinski definition) is 0. The number of nitrogens with zero attached hydrogens (tertiary/aromatic N) is 1. The molecular weight excluding hydrogens is 158 g/mol. The third-order valence-electron chi connectivity index (χ3n) is 3.52. The molecule has 1 aliphatic carbocycles. The van der Waals surface area contributed by atoms with Crippen LogP contribution in [-0.2, 0) is 0 Å². The summed E-state index contributed by atoms with van der Waals surface area (Å²) in [5.41, 5.74) is 0.516. The maximum Gasteiger partial charge on any atom is 0.0127 e. The number of rotatable bonds is 2. The molecule has 1 nitrogen and oxygen atoms in total. The molecule has 2 unspecified atom stereocenters. The van der Waals surface area contributed by atoms with E-state index < -0.39 is 0 Å². The van der Waals surface area contributed by atoms with Gasteiger partial charge in [0.25, 0.3) is 0 Å². The molecule has 76 valence electrons. The van der Waals surface area contributed by atoms with E-state index >= 15 is 0 Å². The van der Waals surface area contributed by atoms with Crippen molar-refractivity contribution in [2.75, 3.05) is 13.1 Å². The van der Waals surface area contributed by atoms with Crippen molar-refractivity contribution in [2.45, 2.75) is 52.5 Å². The first-order chi connectivity index (χ1) is 6.06. The Balaban J connectivity index is 1.75. The van der Waals surface area contributed by atoms with E-state index in [1.165, 1.54) is 38.8 Å². The topological polar surface area (TPSA) is 3.24 Å². The van der Waals surface area contributed by atoms with Gasteiger partial charge in [-0.05, 0) is 50.1 Å². The lowest BCUT2D eigenvalue weighted by Gasteiger charge is -2.29. The zero-order valence-electron chi connectivity index (χ0n) is 9.34. The van der Waals surface area contributed by atoms with Crippen LogP contribution in [0.1, 0.15) is 46.5 Å². The Morgan fingerprint density at radius 2 is 2.08 bits per heavy atom. The molecule has 0 aromatic heterocycles. The molecule has 1 saturated heterocycles.